The topological polar surface area (TPSA) is 60.2 Å². The molecule has 0 aliphatic rings. The molecule has 1 rings (SSSR count). The van der Waals surface area contributed by atoms with Crippen LogP contribution in [0.15, 0.2) is 10.8 Å². The van der Waals surface area contributed by atoms with Crippen LogP contribution < -0.4 is 0 Å². The maximum atomic E-state index is 11.1. The van der Waals surface area contributed by atoms with Gasteiger partial charge in [0.25, 0.3) is 0 Å². The second-order valence-electron chi connectivity index (χ2n) is 2.53. The molecule has 0 fully saturated rings. The van der Waals surface area contributed by atoms with Gasteiger partial charge in [-0.15, -0.1) is 0 Å². The normalized spacial score (nSPS) is 11.8. The third-order valence-electron chi connectivity index (χ3n) is 1.64. The van der Waals surface area contributed by atoms with Gasteiger partial charge in [0.05, 0.1) is 11.4 Å². The van der Waals surface area contributed by atoms with Gasteiger partial charge in [-0.2, -0.15) is 0 Å². The molecule has 1 aromatic heterocycles. The van der Waals surface area contributed by atoms with E-state index < -0.39 is 9.84 Å². The van der Waals surface area contributed by atoms with E-state index in [0.29, 0.717) is 11.5 Å². The van der Waals surface area contributed by atoms with Gasteiger partial charge in [-0.05, 0) is 6.92 Å². The minimum atomic E-state index is -2.99. The van der Waals surface area contributed by atoms with Crippen molar-refractivity contribution in [1.29, 1.82) is 0 Å². The summed E-state index contributed by atoms with van der Waals surface area (Å²) in [6, 6.07) is 0. The van der Waals surface area contributed by atoms with Gasteiger partial charge in [0.2, 0.25) is 0 Å². The predicted octanol–water partition coefficient (Wildman–Crippen LogP) is 0.918. The Bertz CT molecular complexity index is 352. The maximum Gasteiger partial charge on any atom is 0.181 e. The molecule has 0 atom stereocenters. The fourth-order valence-electron chi connectivity index (χ4n) is 0.777. The molecule has 68 valence electrons. The molecule has 0 unspecified atom stereocenters. The number of hydrogen-bond acceptors (Lipinski definition) is 4. The molecule has 0 aliphatic heterocycles. The van der Waals surface area contributed by atoms with Crippen molar-refractivity contribution in [3.05, 3.63) is 17.8 Å². The Hall–Kier alpha value is -0.840. The van der Waals surface area contributed by atoms with E-state index in [4.69, 9.17) is 4.42 Å². The fourth-order valence-corrected chi connectivity index (χ4v) is 1.68. The minimum Gasteiger partial charge on any atom is -0.448 e. The zero-order chi connectivity index (χ0) is 9.19. The van der Waals surface area contributed by atoms with Gasteiger partial charge in [0, 0.05) is 5.75 Å². The monoisotopic (exact) mass is 189 g/mol. The number of nitrogens with zero attached hydrogens (tertiary/aromatic N) is 1. The summed E-state index contributed by atoms with van der Waals surface area (Å²) in [6.45, 7) is 3.32. The van der Waals surface area contributed by atoms with Crippen LogP contribution >= 0.6 is 0 Å². The molecule has 0 bridgehead atoms. The van der Waals surface area contributed by atoms with E-state index in [-0.39, 0.29) is 11.5 Å². The molecule has 1 heterocycles. The number of rotatable bonds is 3. The SMILES string of the molecule is CCS(=O)(=O)Cc1ncoc1C. The lowest BCUT2D eigenvalue weighted by atomic mass is 10.4. The van der Waals surface area contributed by atoms with Gasteiger partial charge in [-0.3, -0.25) is 0 Å². The lowest BCUT2D eigenvalue weighted by Gasteiger charge is -1.96. The van der Waals surface area contributed by atoms with Gasteiger partial charge in [-0.1, -0.05) is 6.92 Å². The Morgan fingerprint density at radius 2 is 2.25 bits per heavy atom. The van der Waals surface area contributed by atoms with Crippen molar-refractivity contribution in [2.75, 3.05) is 5.75 Å². The van der Waals surface area contributed by atoms with Crippen LogP contribution in [-0.2, 0) is 15.6 Å². The lowest BCUT2D eigenvalue weighted by Crippen LogP contribution is -2.07. The highest BCUT2D eigenvalue weighted by Crippen LogP contribution is 2.09. The summed E-state index contributed by atoms with van der Waals surface area (Å²) in [6.07, 6.45) is 1.26. The summed E-state index contributed by atoms with van der Waals surface area (Å²) >= 11 is 0. The van der Waals surface area contributed by atoms with E-state index in [0.717, 1.165) is 0 Å². The average molecular weight is 189 g/mol. The van der Waals surface area contributed by atoms with E-state index in [1.807, 2.05) is 0 Å². The third kappa shape index (κ3) is 2.07. The van der Waals surface area contributed by atoms with Crippen LogP contribution in [0.5, 0.6) is 0 Å². The molecule has 0 spiro atoms. The third-order valence-corrected chi connectivity index (χ3v) is 3.23. The van der Waals surface area contributed by atoms with Crippen LogP contribution in [0.25, 0.3) is 0 Å². The summed E-state index contributed by atoms with van der Waals surface area (Å²) in [5, 5.41) is 0. The standard InChI is InChI=1S/C7H11NO3S/c1-3-12(9,10)4-7-6(2)11-5-8-7/h5H,3-4H2,1-2H3. The van der Waals surface area contributed by atoms with Crippen molar-refractivity contribution < 1.29 is 12.8 Å². The molecule has 0 saturated heterocycles. The van der Waals surface area contributed by atoms with E-state index in [2.05, 4.69) is 4.98 Å². The second kappa shape index (κ2) is 3.26. The second-order valence-corrected chi connectivity index (χ2v) is 4.88. The van der Waals surface area contributed by atoms with Crippen molar-refractivity contribution in [3.8, 4) is 0 Å². The van der Waals surface area contributed by atoms with Crippen LogP contribution in [-0.4, -0.2) is 19.2 Å². The summed E-state index contributed by atoms with van der Waals surface area (Å²) in [7, 11) is -2.99. The summed E-state index contributed by atoms with van der Waals surface area (Å²) < 4.78 is 27.2. The smallest absolute Gasteiger partial charge is 0.181 e. The molecule has 5 heteroatoms. The van der Waals surface area contributed by atoms with Crippen LogP contribution in [0.2, 0.25) is 0 Å². The number of aromatic nitrogens is 1. The van der Waals surface area contributed by atoms with Crippen molar-refractivity contribution in [2.45, 2.75) is 19.6 Å². The number of oxazole rings is 1. The molecule has 4 nitrogen and oxygen atoms in total. The number of hydrogen-bond donors (Lipinski definition) is 0. The van der Waals surface area contributed by atoms with Crippen LogP contribution in [0.4, 0.5) is 0 Å². The van der Waals surface area contributed by atoms with Crippen molar-refractivity contribution >= 4 is 9.84 Å². The van der Waals surface area contributed by atoms with Crippen molar-refractivity contribution in [1.82, 2.24) is 4.98 Å². The van der Waals surface area contributed by atoms with E-state index in [1.54, 1.807) is 13.8 Å². The predicted molar refractivity (Wildman–Crippen MR) is 44.4 cm³/mol. The van der Waals surface area contributed by atoms with E-state index in [9.17, 15) is 8.42 Å². The molecule has 1 aromatic rings. The highest BCUT2D eigenvalue weighted by molar-refractivity contribution is 7.90. The van der Waals surface area contributed by atoms with Gasteiger partial charge >= 0.3 is 0 Å². The summed E-state index contributed by atoms with van der Waals surface area (Å²) in [5.41, 5.74) is 0.511. The molecule has 12 heavy (non-hydrogen) atoms. The molecule has 0 radical (unpaired) electrons. The van der Waals surface area contributed by atoms with Crippen LogP contribution in [0, 0.1) is 6.92 Å². The Balaban J connectivity index is 2.84. The first kappa shape index (κ1) is 9.25. The van der Waals surface area contributed by atoms with Crippen LogP contribution in [0.3, 0.4) is 0 Å². The largest absolute Gasteiger partial charge is 0.448 e. The average Bonchev–Trinajstić information content (AvgIpc) is 2.36. The van der Waals surface area contributed by atoms with Gasteiger partial charge < -0.3 is 4.42 Å². The maximum absolute atomic E-state index is 11.1. The van der Waals surface area contributed by atoms with Crippen molar-refractivity contribution in [2.24, 2.45) is 0 Å². The Kier molecular flexibility index (Phi) is 2.52. The number of sulfone groups is 1. The molecular formula is C7H11NO3S. The first-order chi connectivity index (χ1) is 5.55. The first-order valence-corrected chi connectivity index (χ1v) is 5.46. The fraction of sp³-hybridized carbons (Fsp3) is 0.571. The minimum absolute atomic E-state index is 0.0220. The Morgan fingerprint density at radius 3 is 2.67 bits per heavy atom. The van der Waals surface area contributed by atoms with E-state index in [1.165, 1.54) is 6.39 Å². The quantitative estimate of drug-likeness (QED) is 0.709. The van der Waals surface area contributed by atoms with Gasteiger partial charge in [0.15, 0.2) is 16.2 Å². The van der Waals surface area contributed by atoms with E-state index >= 15 is 0 Å². The zero-order valence-corrected chi connectivity index (χ0v) is 7.89. The van der Waals surface area contributed by atoms with Crippen LogP contribution in [0.1, 0.15) is 18.4 Å². The zero-order valence-electron chi connectivity index (χ0n) is 7.07. The highest BCUT2D eigenvalue weighted by Gasteiger charge is 2.13. The Labute approximate surface area is 71.5 Å². The van der Waals surface area contributed by atoms with Gasteiger partial charge in [0.1, 0.15) is 5.76 Å². The molecule has 0 aliphatic carbocycles. The number of aryl methyl sites for hydroxylation is 1. The first-order valence-electron chi connectivity index (χ1n) is 3.64. The van der Waals surface area contributed by atoms with Gasteiger partial charge in [-0.25, -0.2) is 13.4 Å². The molecule has 0 saturated carbocycles. The van der Waals surface area contributed by atoms with Crippen molar-refractivity contribution in [3.63, 3.8) is 0 Å². The lowest BCUT2D eigenvalue weighted by molar-refractivity contribution is 0.524. The summed E-state index contributed by atoms with van der Waals surface area (Å²) in [5.74, 6) is 0.692. The molecular weight excluding hydrogens is 178 g/mol. The molecule has 0 amide bonds. The summed E-state index contributed by atoms with van der Waals surface area (Å²) in [4.78, 5) is 3.80. The Morgan fingerprint density at radius 1 is 1.58 bits per heavy atom. The molecule has 0 aromatic carbocycles. The molecule has 0 N–H and O–H groups in total. The highest BCUT2D eigenvalue weighted by atomic mass is 32.2.